The van der Waals surface area contributed by atoms with E-state index in [4.69, 9.17) is 5.73 Å². The molecule has 0 rings (SSSR count). The highest BCUT2D eigenvalue weighted by atomic mass is 32.2. The van der Waals surface area contributed by atoms with Crippen molar-refractivity contribution in [1.29, 1.82) is 0 Å². The third kappa shape index (κ3) is 10.9. The molecule has 0 fully saturated rings. The highest BCUT2D eigenvalue weighted by Crippen LogP contribution is 2.12. The number of carbonyl (C=O) groups excluding carboxylic acids is 3. The van der Waals surface area contributed by atoms with Gasteiger partial charge in [-0.3, -0.25) is 14.4 Å². The van der Waals surface area contributed by atoms with E-state index in [1.165, 1.54) is 11.8 Å². The van der Waals surface area contributed by atoms with Crippen molar-refractivity contribution in [3.05, 3.63) is 0 Å². The average Bonchev–Trinajstić information content (AvgIpc) is 2.75. The summed E-state index contributed by atoms with van der Waals surface area (Å²) < 4.78 is 0. The predicted octanol–water partition coefficient (Wildman–Crippen LogP) is 1.06. The molecule has 0 bridgehead atoms. The Morgan fingerprint density at radius 3 is 1.81 bits per heavy atom. The first-order valence-corrected chi connectivity index (χ1v) is 13.7. The molecule has 0 heterocycles. The minimum Gasteiger partial charge on any atom is -0.480 e. The van der Waals surface area contributed by atoms with Gasteiger partial charge in [-0.2, -0.15) is 23.5 Å². The van der Waals surface area contributed by atoms with Crippen LogP contribution in [0, 0.1) is 11.8 Å². The van der Waals surface area contributed by atoms with E-state index in [0.29, 0.717) is 18.6 Å². The van der Waals surface area contributed by atoms with E-state index in [1.54, 1.807) is 25.6 Å². The van der Waals surface area contributed by atoms with E-state index in [1.807, 2.05) is 26.4 Å². The highest BCUT2D eigenvalue weighted by molar-refractivity contribution is 7.98. The van der Waals surface area contributed by atoms with Gasteiger partial charge in [-0.15, -0.1) is 0 Å². The Balaban J connectivity index is 5.39. The second-order valence-electron chi connectivity index (χ2n) is 8.17. The number of hydrogen-bond acceptors (Lipinski definition) is 7. The summed E-state index contributed by atoms with van der Waals surface area (Å²) in [7, 11) is 0. The molecule has 0 aliphatic heterocycles. The number of carbonyl (C=O) groups is 4. The van der Waals surface area contributed by atoms with Gasteiger partial charge >= 0.3 is 5.97 Å². The van der Waals surface area contributed by atoms with E-state index >= 15 is 0 Å². The summed E-state index contributed by atoms with van der Waals surface area (Å²) in [6.07, 6.45) is 5.15. The van der Waals surface area contributed by atoms with Gasteiger partial charge in [-0.05, 0) is 48.7 Å². The minimum absolute atomic E-state index is 0.235. The smallest absolute Gasteiger partial charge is 0.326 e. The zero-order valence-electron chi connectivity index (χ0n) is 20.0. The topological polar surface area (TPSA) is 151 Å². The van der Waals surface area contributed by atoms with Gasteiger partial charge in [0.15, 0.2) is 0 Å². The van der Waals surface area contributed by atoms with Crippen molar-refractivity contribution in [3.8, 4) is 0 Å². The first kappa shape index (κ1) is 30.5. The fourth-order valence-corrected chi connectivity index (χ4v) is 3.83. The van der Waals surface area contributed by atoms with Crippen LogP contribution in [0.3, 0.4) is 0 Å². The number of carboxylic acid groups (broad SMARTS) is 1. The van der Waals surface area contributed by atoms with Crippen molar-refractivity contribution in [1.82, 2.24) is 16.0 Å². The molecule has 32 heavy (non-hydrogen) atoms. The van der Waals surface area contributed by atoms with Crippen LogP contribution < -0.4 is 21.7 Å². The van der Waals surface area contributed by atoms with Gasteiger partial charge in [0, 0.05) is 0 Å². The molecular formula is C21H40N4O5S2. The lowest BCUT2D eigenvalue weighted by Gasteiger charge is -2.29. The molecule has 0 aromatic heterocycles. The molecule has 0 spiro atoms. The Bertz CT molecular complexity index is 621. The lowest BCUT2D eigenvalue weighted by Crippen LogP contribution is -2.59. The fraction of sp³-hybridized carbons (Fsp3) is 0.810. The molecule has 0 aliphatic carbocycles. The maximum atomic E-state index is 13.0. The van der Waals surface area contributed by atoms with E-state index in [9.17, 15) is 24.3 Å². The van der Waals surface area contributed by atoms with Crippen LogP contribution >= 0.6 is 23.5 Å². The molecule has 0 aromatic carbocycles. The molecule has 0 radical (unpaired) electrons. The Kier molecular flexibility index (Phi) is 15.5. The van der Waals surface area contributed by atoms with Gasteiger partial charge in [0.05, 0.1) is 6.04 Å². The van der Waals surface area contributed by atoms with Crippen LogP contribution in [0.1, 0.15) is 47.0 Å². The molecule has 5 atom stereocenters. The predicted molar refractivity (Wildman–Crippen MR) is 132 cm³/mol. The molecule has 0 saturated carbocycles. The lowest BCUT2D eigenvalue weighted by atomic mass is 9.96. The van der Waals surface area contributed by atoms with E-state index in [0.717, 1.165) is 5.75 Å². The first-order chi connectivity index (χ1) is 15.0. The molecule has 0 saturated heterocycles. The van der Waals surface area contributed by atoms with Crippen LogP contribution in [0.2, 0.25) is 0 Å². The number of carboxylic acids is 1. The number of nitrogens with two attached hydrogens (primary N) is 1. The van der Waals surface area contributed by atoms with Crippen molar-refractivity contribution in [2.45, 2.75) is 71.1 Å². The van der Waals surface area contributed by atoms with Crippen LogP contribution in [-0.2, 0) is 19.2 Å². The summed E-state index contributed by atoms with van der Waals surface area (Å²) in [5.41, 5.74) is 5.92. The normalized spacial score (nSPS) is 15.9. The van der Waals surface area contributed by atoms with E-state index in [-0.39, 0.29) is 18.3 Å². The number of amides is 3. The van der Waals surface area contributed by atoms with Gasteiger partial charge in [0.1, 0.15) is 18.1 Å². The summed E-state index contributed by atoms with van der Waals surface area (Å²) in [4.78, 5) is 49.8. The monoisotopic (exact) mass is 492 g/mol. The third-order valence-electron chi connectivity index (χ3n) is 5.24. The summed E-state index contributed by atoms with van der Waals surface area (Å²) in [6.45, 7) is 7.27. The van der Waals surface area contributed by atoms with Crippen LogP contribution in [0.15, 0.2) is 0 Å². The second-order valence-corrected chi connectivity index (χ2v) is 10.1. The zero-order valence-corrected chi connectivity index (χ0v) is 21.6. The van der Waals surface area contributed by atoms with Crippen LogP contribution in [0.4, 0.5) is 0 Å². The van der Waals surface area contributed by atoms with Crippen molar-refractivity contribution in [3.63, 3.8) is 0 Å². The molecule has 0 aliphatic rings. The summed E-state index contributed by atoms with van der Waals surface area (Å²) >= 11 is 3.07. The number of aliphatic carboxylic acids is 1. The molecular weight excluding hydrogens is 452 g/mol. The SMILES string of the molecule is CCC(C)C(NC(=O)C(NC(=O)C(N)CCSC)C(C)C)C(=O)NC(CCSC)C(=O)O. The molecule has 5 unspecified atom stereocenters. The Morgan fingerprint density at radius 2 is 1.34 bits per heavy atom. The molecule has 11 heteroatoms. The first-order valence-electron chi connectivity index (χ1n) is 10.9. The van der Waals surface area contributed by atoms with Crippen LogP contribution in [0.25, 0.3) is 0 Å². The maximum Gasteiger partial charge on any atom is 0.326 e. The fourth-order valence-electron chi connectivity index (χ4n) is 2.87. The third-order valence-corrected chi connectivity index (χ3v) is 6.52. The summed E-state index contributed by atoms with van der Waals surface area (Å²) in [5.74, 6) is -1.75. The van der Waals surface area contributed by atoms with Gasteiger partial charge in [-0.1, -0.05) is 34.1 Å². The largest absolute Gasteiger partial charge is 0.480 e. The number of hydrogen-bond donors (Lipinski definition) is 5. The summed E-state index contributed by atoms with van der Waals surface area (Å²) in [5, 5.41) is 17.4. The van der Waals surface area contributed by atoms with Crippen LogP contribution in [-0.4, -0.2) is 77.0 Å². The standard InChI is InChI=1S/C21H40N4O5S2/c1-7-13(4)17(20(28)23-15(21(29)30)9-11-32-6)25-19(27)16(12(2)3)24-18(26)14(22)8-10-31-5/h12-17H,7-11,22H2,1-6H3,(H,23,28)(H,24,26)(H,25,27)(H,29,30). The van der Waals surface area contributed by atoms with Gasteiger partial charge in [0.25, 0.3) is 0 Å². The molecule has 186 valence electrons. The molecule has 6 N–H and O–H groups in total. The van der Waals surface area contributed by atoms with Crippen molar-refractivity contribution in [2.75, 3.05) is 24.0 Å². The van der Waals surface area contributed by atoms with E-state index in [2.05, 4.69) is 16.0 Å². The molecule has 3 amide bonds. The quantitative estimate of drug-likeness (QED) is 0.215. The molecule has 0 aromatic rings. The Hall–Kier alpha value is -1.46. The Labute approximate surface area is 200 Å². The van der Waals surface area contributed by atoms with Crippen molar-refractivity contribution in [2.24, 2.45) is 17.6 Å². The average molecular weight is 493 g/mol. The number of thioether (sulfide) groups is 2. The second kappa shape index (κ2) is 16.2. The van der Waals surface area contributed by atoms with Gasteiger partial charge in [-0.25, -0.2) is 4.79 Å². The Morgan fingerprint density at radius 1 is 0.844 bits per heavy atom. The van der Waals surface area contributed by atoms with Crippen LogP contribution in [0.5, 0.6) is 0 Å². The zero-order chi connectivity index (χ0) is 24.8. The number of rotatable bonds is 16. The van der Waals surface area contributed by atoms with Crippen molar-refractivity contribution < 1.29 is 24.3 Å². The van der Waals surface area contributed by atoms with Crippen molar-refractivity contribution >= 4 is 47.2 Å². The lowest BCUT2D eigenvalue weighted by molar-refractivity contribution is -0.142. The van der Waals surface area contributed by atoms with Gasteiger partial charge < -0.3 is 26.8 Å². The summed E-state index contributed by atoms with van der Waals surface area (Å²) in [6, 6.07) is -3.55. The van der Waals surface area contributed by atoms with Gasteiger partial charge in [0.2, 0.25) is 17.7 Å². The molecule has 9 nitrogen and oxygen atoms in total. The highest BCUT2D eigenvalue weighted by Gasteiger charge is 2.33. The van der Waals surface area contributed by atoms with E-state index < -0.39 is 47.9 Å². The minimum atomic E-state index is -1.12. The number of nitrogens with one attached hydrogen (secondary N) is 3. The maximum absolute atomic E-state index is 13.0.